The third-order valence-electron chi connectivity index (χ3n) is 2.45. The van der Waals surface area contributed by atoms with Crippen LogP contribution in [-0.4, -0.2) is 9.97 Å². The van der Waals surface area contributed by atoms with Gasteiger partial charge in [-0.1, -0.05) is 27.2 Å². The number of rotatable bonds is 4. The molecule has 0 unspecified atom stereocenters. The van der Waals surface area contributed by atoms with Crippen LogP contribution in [0.25, 0.3) is 10.6 Å². The van der Waals surface area contributed by atoms with E-state index in [1.807, 2.05) is 5.38 Å². The van der Waals surface area contributed by atoms with Gasteiger partial charge in [0.05, 0.1) is 21.3 Å². The van der Waals surface area contributed by atoms with Gasteiger partial charge >= 0.3 is 0 Å². The molecule has 0 saturated heterocycles. The second-order valence-electron chi connectivity index (χ2n) is 4.30. The fraction of sp³-hybridized carbons (Fsp3) is 0.500. The van der Waals surface area contributed by atoms with Gasteiger partial charge in [-0.2, -0.15) is 0 Å². The first-order valence-corrected chi connectivity index (χ1v) is 7.52. The van der Waals surface area contributed by atoms with Crippen LogP contribution < -0.4 is 5.73 Å². The van der Waals surface area contributed by atoms with E-state index >= 15 is 0 Å². The summed E-state index contributed by atoms with van der Waals surface area (Å²) in [6.07, 6.45) is 2.11. The summed E-state index contributed by atoms with van der Waals surface area (Å²) < 4.78 is 0. The number of nitrogens with two attached hydrogens (primary N) is 1. The van der Waals surface area contributed by atoms with Crippen molar-refractivity contribution in [3.05, 3.63) is 16.1 Å². The zero-order chi connectivity index (χ0) is 12.4. The summed E-state index contributed by atoms with van der Waals surface area (Å²) in [5.74, 6) is 0.473. The largest absolute Gasteiger partial charge is 0.375 e. The SMILES string of the molecule is CCCc1nc(C(C)C)sc1-c1csc(N)n1. The van der Waals surface area contributed by atoms with Gasteiger partial charge in [0.1, 0.15) is 0 Å². The van der Waals surface area contributed by atoms with Crippen LogP contribution in [-0.2, 0) is 6.42 Å². The van der Waals surface area contributed by atoms with Crippen LogP contribution in [0.1, 0.15) is 43.8 Å². The van der Waals surface area contributed by atoms with E-state index in [1.165, 1.54) is 26.9 Å². The average molecular weight is 267 g/mol. The molecule has 0 aliphatic rings. The predicted molar refractivity (Wildman–Crippen MR) is 75.7 cm³/mol. The van der Waals surface area contributed by atoms with Crippen molar-refractivity contribution in [3.63, 3.8) is 0 Å². The van der Waals surface area contributed by atoms with Crippen molar-refractivity contribution in [1.29, 1.82) is 0 Å². The lowest BCUT2D eigenvalue weighted by Crippen LogP contribution is -1.90. The smallest absolute Gasteiger partial charge is 0.180 e. The molecule has 0 aliphatic heterocycles. The second kappa shape index (κ2) is 5.14. The number of hydrogen-bond donors (Lipinski definition) is 1. The Balaban J connectivity index is 2.43. The van der Waals surface area contributed by atoms with E-state index < -0.39 is 0 Å². The minimum atomic E-state index is 0.473. The van der Waals surface area contributed by atoms with Crippen LogP contribution in [0.3, 0.4) is 0 Å². The van der Waals surface area contributed by atoms with Crippen molar-refractivity contribution in [3.8, 4) is 10.6 Å². The van der Waals surface area contributed by atoms with E-state index in [1.54, 1.807) is 11.3 Å². The van der Waals surface area contributed by atoms with Crippen LogP contribution >= 0.6 is 22.7 Å². The third-order valence-corrected chi connectivity index (χ3v) is 4.54. The first-order valence-electron chi connectivity index (χ1n) is 5.82. The lowest BCUT2D eigenvalue weighted by atomic mass is 10.2. The van der Waals surface area contributed by atoms with Gasteiger partial charge in [0, 0.05) is 11.3 Å². The van der Waals surface area contributed by atoms with Crippen LogP contribution in [0.4, 0.5) is 5.13 Å². The molecule has 0 aromatic carbocycles. The van der Waals surface area contributed by atoms with Gasteiger partial charge < -0.3 is 5.73 Å². The maximum Gasteiger partial charge on any atom is 0.180 e. The lowest BCUT2D eigenvalue weighted by Gasteiger charge is -1.96. The summed E-state index contributed by atoms with van der Waals surface area (Å²) in [6.45, 7) is 6.52. The highest BCUT2D eigenvalue weighted by atomic mass is 32.1. The van der Waals surface area contributed by atoms with E-state index in [2.05, 4.69) is 25.8 Å². The Morgan fingerprint density at radius 2 is 2.12 bits per heavy atom. The van der Waals surface area contributed by atoms with Crippen molar-refractivity contribution in [1.82, 2.24) is 9.97 Å². The first-order chi connectivity index (χ1) is 8.11. The van der Waals surface area contributed by atoms with Gasteiger partial charge in [-0.25, -0.2) is 9.97 Å². The Bertz CT molecular complexity index is 500. The maximum absolute atomic E-state index is 5.70. The van der Waals surface area contributed by atoms with E-state index in [0.29, 0.717) is 11.0 Å². The minimum Gasteiger partial charge on any atom is -0.375 e. The zero-order valence-corrected chi connectivity index (χ0v) is 12.0. The maximum atomic E-state index is 5.70. The van der Waals surface area contributed by atoms with Gasteiger partial charge in [-0.15, -0.1) is 22.7 Å². The van der Waals surface area contributed by atoms with E-state index in [9.17, 15) is 0 Å². The molecule has 3 nitrogen and oxygen atoms in total. The third kappa shape index (κ3) is 2.66. The molecule has 0 aliphatic carbocycles. The molecule has 2 N–H and O–H groups in total. The summed E-state index contributed by atoms with van der Waals surface area (Å²) in [7, 11) is 0. The number of nitrogen functional groups attached to an aromatic ring is 1. The number of hydrogen-bond acceptors (Lipinski definition) is 5. The normalized spacial score (nSPS) is 11.3. The van der Waals surface area contributed by atoms with Crippen LogP contribution in [0.5, 0.6) is 0 Å². The van der Waals surface area contributed by atoms with Gasteiger partial charge in [0.25, 0.3) is 0 Å². The molecule has 17 heavy (non-hydrogen) atoms. The number of anilines is 1. The molecule has 5 heteroatoms. The molecule has 0 spiro atoms. The van der Waals surface area contributed by atoms with Crippen molar-refractivity contribution < 1.29 is 0 Å². The van der Waals surface area contributed by atoms with Crippen LogP contribution in [0, 0.1) is 0 Å². The Hall–Kier alpha value is -0.940. The highest BCUT2D eigenvalue weighted by Gasteiger charge is 2.16. The lowest BCUT2D eigenvalue weighted by molar-refractivity contribution is 0.823. The minimum absolute atomic E-state index is 0.473. The van der Waals surface area contributed by atoms with Crippen LogP contribution in [0.2, 0.25) is 0 Å². The zero-order valence-electron chi connectivity index (χ0n) is 10.4. The van der Waals surface area contributed by atoms with Crippen molar-refractivity contribution in [2.75, 3.05) is 5.73 Å². The summed E-state index contributed by atoms with van der Waals surface area (Å²) >= 11 is 3.24. The monoisotopic (exact) mass is 267 g/mol. The number of thiazole rings is 2. The van der Waals surface area contributed by atoms with E-state index in [4.69, 9.17) is 10.7 Å². The molecular formula is C12H17N3S2. The number of aryl methyl sites for hydroxylation is 1. The summed E-state index contributed by atoms with van der Waals surface area (Å²) in [5, 5.41) is 3.84. The Morgan fingerprint density at radius 3 is 2.65 bits per heavy atom. The predicted octanol–water partition coefficient (Wildman–Crippen LogP) is 3.92. The Morgan fingerprint density at radius 1 is 1.35 bits per heavy atom. The standard InChI is InChI=1S/C12H17N3S2/c1-4-5-8-10(9-6-16-12(13)15-9)17-11(14-8)7(2)3/h6-7H,4-5H2,1-3H3,(H2,13,15). The van der Waals surface area contributed by atoms with Crippen molar-refractivity contribution in [2.45, 2.75) is 39.5 Å². The topological polar surface area (TPSA) is 51.8 Å². The Kier molecular flexibility index (Phi) is 3.79. The molecule has 0 saturated carbocycles. The average Bonchev–Trinajstić information content (AvgIpc) is 2.85. The highest BCUT2D eigenvalue weighted by Crippen LogP contribution is 2.35. The first kappa shape index (κ1) is 12.5. The molecule has 0 amide bonds. The number of aromatic nitrogens is 2. The highest BCUT2D eigenvalue weighted by molar-refractivity contribution is 7.16. The van der Waals surface area contributed by atoms with Crippen molar-refractivity contribution in [2.24, 2.45) is 0 Å². The quantitative estimate of drug-likeness (QED) is 0.913. The van der Waals surface area contributed by atoms with E-state index in [0.717, 1.165) is 18.5 Å². The second-order valence-corrected chi connectivity index (χ2v) is 6.22. The fourth-order valence-corrected chi connectivity index (χ4v) is 3.32. The van der Waals surface area contributed by atoms with Gasteiger partial charge in [-0.3, -0.25) is 0 Å². The fourth-order valence-electron chi connectivity index (χ4n) is 1.62. The molecule has 2 aromatic rings. The molecule has 0 radical (unpaired) electrons. The molecular weight excluding hydrogens is 250 g/mol. The summed E-state index contributed by atoms with van der Waals surface area (Å²) in [4.78, 5) is 10.3. The Labute approximate surface area is 110 Å². The molecule has 0 bridgehead atoms. The molecule has 0 fully saturated rings. The number of nitrogens with zero attached hydrogens (tertiary/aromatic N) is 2. The summed E-state index contributed by atoms with van der Waals surface area (Å²) in [5.41, 5.74) is 7.86. The van der Waals surface area contributed by atoms with Gasteiger partial charge in [0.15, 0.2) is 5.13 Å². The molecule has 2 heterocycles. The van der Waals surface area contributed by atoms with Gasteiger partial charge in [-0.05, 0) is 6.42 Å². The molecule has 0 atom stereocenters. The van der Waals surface area contributed by atoms with Gasteiger partial charge in [0.2, 0.25) is 0 Å². The molecule has 2 aromatic heterocycles. The molecule has 2 rings (SSSR count). The van der Waals surface area contributed by atoms with Crippen molar-refractivity contribution >= 4 is 27.8 Å². The molecule has 92 valence electrons. The summed E-state index contributed by atoms with van der Waals surface area (Å²) in [6, 6.07) is 0. The van der Waals surface area contributed by atoms with E-state index in [-0.39, 0.29) is 0 Å². The van der Waals surface area contributed by atoms with Crippen LogP contribution in [0.15, 0.2) is 5.38 Å².